The van der Waals surface area contributed by atoms with Gasteiger partial charge in [0.25, 0.3) is 5.91 Å². The third-order valence-electron chi connectivity index (χ3n) is 3.72. The highest BCUT2D eigenvalue weighted by Gasteiger charge is 2.29. The molecular weight excluding hydrogens is 274 g/mol. The number of aromatic nitrogens is 1. The molecule has 2 heterocycles. The number of oxime groups is 1. The summed E-state index contributed by atoms with van der Waals surface area (Å²) in [5, 5.41) is 15.6. The second kappa shape index (κ2) is 6.57. The minimum Gasteiger partial charge on any atom is -0.409 e. The van der Waals surface area contributed by atoms with Gasteiger partial charge in [0.2, 0.25) is 5.76 Å². The lowest BCUT2D eigenvalue weighted by molar-refractivity contribution is 0.0569. The molecule has 0 saturated carbocycles. The van der Waals surface area contributed by atoms with E-state index in [-0.39, 0.29) is 23.5 Å². The summed E-state index contributed by atoms with van der Waals surface area (Å²) in [5.41, 5.74) is 6.39. The number of aryl methyl sites for hydroxylation is 1. The molecule has 1 atom stereocenters. The first-order chi connectivity index (χ1) is 10.1. The number of rotatable bonds is 4. The molecule has 1 aromatic heterocycles. The Labute approximate surface area is 123 Å². The van der Waals surface area contributed by atoms with E-state index in [9.17, 15) is 4.79 Å². The summed E-state index contributed by atoms with van der Waals surface area (Å²) in [6.45, 7) is 6.27. The summed E-state index contributed by atoms with van der Waals surface area (Å²) in [6, 6.07) is 1.54. The van der Waals surface area contributed by atoms with E-state index in [2.05, 4.69) is 15.2 Å². The Morgan fingerprint density at radius 1 is 1.52 bits per heavy atom. The molecule has 21 heavy (non-hydrogen) atoms. The van der Waals surface area contributed by atoms with Gasteiger partial charge in [0.1, 0.15) is 0 Å². The van der Waals surface area contributed by atoms with Crippen molar-refractivity contribution in [2.45, 2.75) is 26.3 Å². The van der Waals surface area contributed by atoms with Crippen molar-refractivity contribution in [1.82, 2.24) is 15.0 Å². The van der Waals surface area contributed by atoms with Crippen molar-refractivity contribution in [3.63, 3.8) is 0 Å². The number of nitrogens with zero attached hydrogens (tertiary/aromatic N) is 4. The number of hydrogen-bond donors (Lipinski definition) is 2. The SMILES string of the molecule is CCC(C(N)=NO)N1CCN(C(=O)c2cc(C)no2)CC1. The van der Waals surface area contributed by atoms with Crippen molar-refractivity contribution in [3.05, 3.63) is 17.5 Å². The van der Waals surface area contributed by atoms with Gasteiger partial charge in [-0.3, -0.25) is 9.69 Å². The minimum absolute atomic E-state index is 0.0974. The molecule has 0 radical (unpaired) electrons. The second-order valence-corrected chi connectivity index (χ2v) is 5.11. The van der Waals surface area contributed by atoms with Crippen LogP contribution in [0.1, 0.15) is 29.6 Å². The lowest BCUT2D eigenvalue weighted by Crippen LogP contribution is -2.55. The molecule has 0 aliphatic carbocycles. The van der Waals surface area contributed by atoms with Crippen LogP contribution in [0.15, 0.2) is 15.7 Å². The van der Waals surface area contributed by atoms with Crippen LogP contribution >= 0.6 is 0 Å². The smallest absolute Gasteiger partial charge is 0.292 e. The van der Waals surface area contributed by atoms with Gasteiger partial charge in [-0.2, -0.15) is 0 Å². The van der Waals surface area contributed by atoms with Crippen LogP contribution < -0.4 is 5.73 Å². The topological polar surface area (TPSA) is 108 Å². The maximum Gasteiger partial charge on any atom is 0.292 e. The van der Waals surface area contributed by atoms with Crippen molar-refractivity contribution >= 4 is 11.7 Å². The fraction of sp³-hybridized carbons (Fsp3) is 0.615. The molecule has 1 amide bonds. The summed E-state index contributed by atoms with van der Waals surface area (Å²) in [7, 11) is 0. The maximum atomic E-state index is 12.2. The van der Waals surface area contributed by atoms with Gasteiger partial charge < -0.3 is 20.4 Å². The van der Waals surface area contributed by atoms with Gasteiger partial charge in [0.05, 0.1) is 11.7 Å². The Morgan fingerprint density at radius 2 is 2.19 bits per heavy atom. The van der Waals surface area contributed by atoms with E-state index in [1.807, 2.05) is 6.92 Å². The highest BCUT2D eigenvalue weighted by atomic mass is 16.5. The standard InChI is InChI=1S/C13H21N5O3/c1-3-10(12(14)15-20)17-4-6-18(7-5-17)13(19)11-8-9(2)16-21-11/h8,10,20H,3-7H2,1-2H3,(H2,14,15). The van der Waals surface area contributed by atoms with E-state index in [0.717, 1.165) is 6.42 Å². The third kappa shape index (κ3) is 3.33. The summed E-state index contributed by atoms with van der Waals surface area (Å²) in [5.74, 6) is 0.333. The molecule has 3 N–H and O–H groups in total. The largest absolute Gasteiger partial charge is 0.409 e. The Bertz CT molecular complexity index is 520. The normalized spacial score (nSPS) is 18.8. The zero-order valence-corrected chi connectivity index (χ0v) is 12.3. The van der Waals surface area contributed by atoms with E-state index in [0.29, 0.717) is 31.9 Å². The predicted molar refractivity (Wildman–Crippen MR) is 76.2 cm³/mol. The van der Waals surface area contributed by atoms with E-state index in [1.54, 1.807) is 17.9 Å². The molecule has 1 aromatic rings. The number of nitrogens with two attached hydrogens (primary N) is 1. The van der Waals surface area contributed by atoms with Crippen LogP contribution in [-0.4, -0.2) is 64.1 Å². The first-order valence-corrected chi connectivity index (χ1v) is 7.00. The molecular formula is C13H21N5O3. The number of piperazine rings is 1. The Kier molecular flexibility index (Phi) is 4.79. The molecule has 1 aliphatic rings. The van der Waals surface area contributed by atoms with Crippen molar-refractivity contribution < 1.29 is 14.5 Å². The molecule has 0 spiro atoms. The average molecular weight is 295 g/mol. The van der Waals surface area contributed by atoms with Gasteiger partial charge in [0.15, 0.2) is 5.84 Å². The molecule has 116 valence electrons. The maximum absolute atomic E-state index is 12.2. The van der Waals surface area contributed by atoms with Crippen LogP contribution in [-0.2, 0) is 0 Å². The van der Waals surface area contributed by atoms with Crippen LogP contribution in [0, 0.1) is 6.92 Å². The minimum atomic E-state index is -0.146. The molecule has 8 nitrogen and oxygen atoms in total. The highest BCUT2D eigenvalue weighted by Crippen LogP contribution is 2.13. The van der Waals surface area contributed by atoms with E-state index in [1.165, 1.54) is 0 Å². The van der Waals surface area contributed by atoms with E-state index in [4.69, 9.17) is 15.5 Å². The summed E-state index contributed by atoms with van der Waals surface area (Å²) in [4.78, 5) is 16.1. The van der Waals surface area contributed by atoms with E-state index >= 15 is 0 Å². The van der Waals surface area contributed by atoms with Gasteiger partial charge in [-0.15, -0.1) is 0 Å². The number of carbonyl (C=O) groups is 1. The summed E-state index contributed by atoms with van der Waals surface area (Å²) >= 11 is 0. The quantitative estimate of drug-likeness (QED) is 0.357. The number of hydrogen-bond acceptors (Lipinski definition) is 6. The Hall–Kier alpha value is -2.09. The highest BCUT2D eigenvalue weighted by molar-refractivity contribution is 5.91. The fourth-order valence-corrected chi connectivity index (χ4v) is 2.58. The van der Waals surface area contributed by atoms with Crippen LogP contribution in [0.3, 0.4) is 0 Å². The van der Waals surface area contributed by atoms with E-state index < -0.39 is 0 Å². The molecule has 1 aliphatic heterocycles. The lowest BCUT2D eigenvalue weighted by atomic mass is 10.1. The predicted octanol–water partition coefficient (Wildman–Crippen LogP) is 0.266. The van der Waals surface area contributed by atoms with Crippen molar-refractivity contribution in [2.24, 2.45) is 10.9 Å². The monoisotopic (exact) mass is 295 g/mol. The first kappa shape index (κ1) is 15.3. The zero-order chi connectivity index (χ0) is 15.4. The molecule has 8 heteroatoms. The first-order valence-electron chi connectivity index (χ1n) is 7.00. The van der Waals surface area contributed by atoms with Crippen LogP contribution in [0.25, 0.3) is 0 Å². The summed E-state index contributed by atoms with van der Waals surface area (Å²) < 4.78 is 5.00. The van der Waals surface area contributed by atoms with Crippen molar-refractivity contribution in [3.8, 4) is 0 Å². The van der Waals surface area contributed by atoms with Crippen molar-refractivity contribution in [2.75, 3.05) is 26.2 Å². The van der Waals surface area contributed by atoms with Crippen LogP contribution in [0.4, 0.5) is 0 Å². The lowest BCUT2D eigenvalue weighted by Gasteiger charge is -2.38. The molecule has 1 fully saturated rings. The molecule has 0 aromatic carbocycles. The second-order valence-electron chi connectivity index (χ2n) is 5.11. The number of amides is 1. The van der Waals surface area contributed by atoms with Gasteiger partial charge in [-0.05, 0) is 13.3 Å². The third-order valence-corrected chi connectivity index (χ3v) is 3.72. The van der Waals surface area contributed by atoms with Crippen LogP contribution in [0.5, 0.6) is 0 Å². The number of carbonyl (C=O) groups excluding carboxylic acids is 1. The summed E-state index contributed by atoms with van der Waals surface area (Å²) in [6.07, 6.45) is 0.755. The zero-order valence-electron chi connectivity index (χ0n) is 12.3. The van der Waals surface area contributed by atoms with Crippen molar-refractivity contribution in [1.29, 1.82) is 0 Å². The molecule has 0 bridgehead atoms. The van der Waals surface area contributed by atoms with Gasteiger partial charge >= 0.3 is 0 Å². The van der Waals surface area contributed by atoms with Gasteiger partial charge in [-0.25, -0.2) is 0 Å². The Balaban J connectivity index is 1.95. The molecule has 1 unspecified atom stereocenters. The Morgan fingerprint density at radius 3 is 2.67 bits per heavy atom. The van der Waals surface area contributed by atoms with Gasteiger partial charge in [-0.1, -0.05) is 17.2 Å². The fourth-order valence-electron chi connectivity index (χ4n) is 2.58. The van der Waals surface area contributed by atoms with Gasteiger partial charge in [0, 0.05) is 32.2 Å². The molecule has 1 saturated heterocycles. The molecule has 2 rings (SSSR count). The van der Waals surface area contributed by atoms with Crippen LogP contribution in [0.2, 0.25) is 0 Å². The average Bonchev–Trinajstić information content (AvgIpc) is 2.94. The number of amidine groups is 1.